The first-order valence-electron chi connectivity index (χ1n) is 9.61. The molecule has 0 bridgehead atoms. The lowest BCUT2D eigenvalue weighted by atomic mass is 10.1. The number of ether oxygens (including phenoxy) is 1. The van der Waals surface area contributed by atoms with Crippen molar-refractivity contribution in [2.24, 2.45) is 0 Å². The van der Waals surface area contributed by atoms with Crippen molar-refractivity contribution in [3.05, 3.63) is 47.5 Å². The van der Waals surface area contributed by atoms with Crippen LogP contribution in [0.1, 0.15) is 36.5 Å². The number of carbonyl (C=O) groups excluding carboxylic acids is 2. The first-order chi connectivity index (χ1) is 13.5. The molecule has 8 heteroatoms. The van der Waals surface area contributed by atoms with Crippen molar-refractivity contribution in [1.29, 1.82) is 0 Å². The third-order valence-electron chi connectivity index (χ3n) is 4.66. The van der Waals surface area contributed by atoms with Crippen molar-refractivity contribution >= 4 is 11.8 Å². The van der Waals surface area contributed by atoms with E-state index in [-0.39, 0.29) is 17.9 Å². The minimum absolute atomic E-state index is 0.0498. The lowest BCUT2D eigenvalue weighted by Gasteiger charge is -2.33. The van der Waals surface area contributed by atoms with Gasteiger partial charge in [0.25, 0.3) is 0 Å². The lowest BCUT2D eigenvalue weighted by Crippen LogP contribution is -2.42. The maximum Gasteiger partial charge on any atom is 0.224 e. The molecule has 1 N–H and O–H groups in total. The average Bonchev–Trinajstić information content (AvgIpc) is 3.11. The number of hydrogen-bond acceptors (Lipinski definition) is 5. The number of aryl methyl sites for hydroxylation is 2. The van der Waals surface area contributed by atoms with E-state index in [1.807, 2.05) is 42.3 Å². The second-order valence-corrected chi connectivity index (χ2v) is 6.96. The molecule has 3 rings (SSSR count). The number of amides is 2. The first-order valence-corrected chi connectivity index (χ1v) is 9.61. The molecule has 0 aliphatic carbocycles. The van der Waals surface area contributed by atoms with Gasteiger partial charge in [-0.05, 0) is 25.1 Å². The highest BCUT2D eigenvalue weighted by Crippen LogP contribution is 2.21. The molecular formula is C20H27N5O3. The molecule has 3 heterocycles. The Morgan fingerprint density at radius 1 is 1.32 bits per heavy atom. The summed E-state index contributed by atoms with van der Waals surface area (Å²) < 4.78 is 7.66. The molecule has 150 valence electrons. The number of nitrogens with one attached hydrogen (secondary N) is 1. The summed E-state index contributed by atoms with van der Waals surface area (Å²) in [5.74, 6) is 0.0504. The Labute approximate surface area is 164 Å². The summed E-state index contributed by atoms with van der Waals surface area (Å²) >= 11 is 0. The monoisotopic (exact) mass is 385 g/mol. The third kappa shape index (κ3) is 5.63. The predicted molar refractivity (Wildman–Crippen MR) is 103 cm³/mol. The topological polar surface area (TPSA) is 89.4 Å². The quantitative estimate of drug-likeness (QED) is 0.775. The zero-order valence-corrected chi connectivity index (χ0v) is 16.4. The fraction of sp³-hybridized carbons (Fsp3) is 0.500. The van der Waals surface area contributed by atoms with Gasteiger partial charge in [0.1, 0.15) is 6.10 Å². The molecular weight excluding hydrogens is 358 g/mol. The standard InChI is InChI=1S/C20H27N5O3/c1-15-7-10-25(23-15)11-8-20(27)24-12-13-28-19(14-24)18-5-3-4-17(22-18)6-9-21-16(2)26/h3-5,7,10,19H,6,8-9,11-14H2,1-2H3,(H,21,26). The minimum Gasteiger partial charge on any atom is -0.368 e. The first kappa shape index (κ1) is 20.0. The summed E-state index contributed by atoms with van der Waals surface area (Å²) in [5.41, 5.74) is 2.66. The minimum atomic E-state index is -0.231. The van der Waals surface area contributed by atoms with Crippen molar-refractivity contribution in [3.63, 3.8) is 0 Å². The van der Waals surface area contributed by atoms with Gasteiger partial charge in [-0.25, -0.2) is 0 Å². The highest BCUT2D eigenvalue weighted by atomic mass is 16.5. The number of carbonyl (C=O) groups is 2. The van der Waals surface area contributed by atoms with Crippen LogP contribution in [0.3, 0.4) is 0 Å². The van der Waals surface area contributed by atoms with Gasteiger partial charge in [0.05, 0.1) is 24.5 Å². The van der Waals surface area contributed by atoms with Crippen LogP contribution in [-0.2, 0) is 27.3 Å². The summed E-state index contributed by atoms with van der Waals surface area (Å²) in [6.07, 6.45) is 2.73. The molecule has 1 aliphatic rings. The summed E-state index contributed by atoms with van der Waals surface area (Å²) in [7, 11) is 0. The van der Waals surface area contributed by atoms with Gasteiger partial charge in [-0.3, -0.25) is 19.3 Å². The highest BCUT2D eigenvalue weighted by Gasteiger charge is 2.26. The molecule has 0 radical (unpaired) electrons. The van der Waals surface area contributed by atoms with E-state index in [1.54, 1.807) is 4.68 Å². The zero-order valence-electron chi connectivity index (χ0n) is 16.4. The SMILES string of the molecule is CC(=O)NCCc1cccc(C2CN(C(=O)CCn3ccc(C)n3)CCO2)n1. The summed E-state index contributed by atoms with van der Waals surface area (Å²) in [6.45, 7) is 6.14. The van der Waals surface area contributed by atoms with E-state index < -0.39 is 0 Å². The fourth-order valence-electron chi connectivity index (χ4n) is 3.19. The summed E-state index contributed by atoms with van der Waals surface area (Å²) in [4.78, 5) is 30.1. The molecule has 2 aromatic rings. The Morgan fingerprint density at radius 3 is 2.93 bits per heavy atom. The van der Waals surface area contributed by atoms with Crippen molar-refractivity contribution < 1.29 is 14.3 Å². The van der Waals surface area contributed by atoms with Crippen LogP contribution in [0, 0.1) is 6.92 Å². The van der Waals surface area contributed by atoms with E-state index in [1.165, 1.54) is 6.92 Å². The van der Waals surface area contributed by atoms with Crippen LogP contribution in [0.2, 0.25) is 0 Å². The number of rotatable bonds is 7. The molecule has 1 saturated heterocycles. The van der Waals surface area contributed by atoms with Gasteiger partial charge in [0, 0.05) is 51.3 Å². The van der Waals surface area contributed by atoms with Crippen LogP contribution in [0.4, 0.5) is 0 Å². The van der Waals surface area contributed by atoms with Gasteiger partial charge in [0.15, 0.2) is 0 Å². The van der Waals surface area contributed by atoms with E-state index >= 15 is 0 Å². The Bertz CT molecular complexity index is 820. The Balaban J connectivity index is 1.55. The molecule has 0 saturated carbocycles. The predicted octanol–water partition coefficient (Wildman–Crippen LogP) is 1.26. The Hall–Kier alpha value is -2.74. The number of pyridine rings is 1. The van der Waals surface area contributed by atoms with Crippen LogP contribution in [-0.4, -0.2) is 57.7 Å². The molecule has 2 aromatic heterocycles. The van der Waals surface area contributed by atoms with E-state index in [0.29, 0.717) is 45.6 Å². The van der Waals surface area contributed by atoms with E-state index in [4.69, 9.17) is 4.74 Å². The number of nitrogens with zero attached hydrogens (tertiary/aromatic N) is 4. The lowest BCUT2D eigenvalue weighted by molar-refractivity contribution is -0.139. The maximum absolute atomic E-state index is 12.6. The largest absolute Gasteiger partial charge is 0.368 e. The maximum atomic E-state index is 12.6. The Morgan fingerprint density at radius 2 is 2.18 bits per heavy atom. The van der Waals surface area contributed by atoms with Gasteiger partial charge in [-0.1, -0.05) is 6.07 Å². The van der Waals surface area contributed by atoms with Crippen molar-refractivity contribution in [3.8, 4) is 0 Å². The summed E-state index contributed by atoms with van der Waals surface area (Å²) in [5, 5.41) is 7.09. The van der Waals surface area contributed by atoms with Crippen LogP contribution in [0.15, 0.2) is 30.5 Å². The molecule has 28 heavy (non-hydrogen) atoms. The molecule has 2 amide bonds. The van der Waals surface area contributed by atoms with Crippen molar-refractivity contribution in [2.75, 3.05) is 26.2 Å². The Kier molecular flexibility index (Phi) is 6.76. The molecule has 1 atom stereocenters. The van der Waals surface area contributed by atoms with Gasteiger partial charge in [-0.2, -0.15) is 5.10 Å². The third-order valence-corrected chi connectivity index (χ3v) is 4.66. The molecule has 1 unspecified atom stereocenters. The second-order valence-electron chi connectivity index (χ2n) is 6.96. The number of morpholine rings is 1. The fourth-order valence-corrected chi connectivity index (χ4v) is 3.19. The van der Waals surface area contributed by atoms with Crippen molar-refractivity contribution in [2.45, 2.75) is 39.3 Å². The van der Waals surface area contributed by atoms with Crippen molar-refractivity contribution in [1.82, 2.24) is 25.0 Å². The molecule has 0 spiro atoms. The number of aromatic nitrogens is 3. The molecule has 8 nitrogen and oxygen atoms in total. The molecule has 1 aliphatic heterocycles. The molecule has 1 fully saturated rings. The van der Waals surface area contributed by atoms with E-state index in [2.05, 4.69) is 15.4 Å². The van der Waals surface area contributed by atoms with Crippen LogP contribution in [0.25, 0.3) is 0 Å². The zero-order chi connectivity index (χ0) is 19.9. The smallest absolute Gasteiger partial charge is 0.224 e. The molecule has 0 aromatic carbocycles. The number of hydrogen-bond donors (Lipinski definition) is 1. The van der Waals surface area contributed by atoms with Gasteiger partial charge >= 0.3 is 0 Å². The van der Waals surface area contributed by atoms with E-state index in [0.717, 1.165) is 17.1 Å². The van der Waals surface area contributed by atoms with Gasteiger partial charge in [-0.15, -0.1) is 0 Å². The van der Waals surface area contributed by atoms with Gasteiger partial charge in [0.2, 0.25) is 11.8 Å². The average molecular weight is 385 g/mol. The van der Waals surface area contributed by atoms with E-state index in [9.17, 15) is 9.59 Å². The normalized spacial score (nSPS) is 16.8. The summed E-state index contributed by atoms with van der Waals surface area (Å²) in [6, 6.07) is 7.73. The van der Waals surface area contributed by atoms with Crippen LogP contribution < -0.4 is 5.32 Å². The second kappa shape index (κ2) is 9.45. The van der Waals surface area contributed by atoms with Crippen LogP contribution in [0.5, 0.6) is 0 Å². The van der Waals surface area contributed by atoms with Crippen LogP contribution >= 0.6 is 0 Å². The highest BCUT2D eigenvalue weighted by molar-refractivity contribution is 5.76. The van der Waals surface area contributed by atoms with Gasteiger partial charge < -0.3 is 15.0 Å².